The molecule has 0 amide bonds. The molecule has 0 saturated heterocycles. The Balaban J connectivity index is 1.80. The van der Waals surface area contributed by atoms with E-state index in [1.165, 1.54) is 23.5 Å². The zero-order chi connectivity index (χ0) is 14.8. The van der Waals surface area contributed by atoms with Gasteiger partial charge in [-0.3, -0.25) is 9.97 Å². The van der Waals surface area contributed by atoms with Crippen molar-refractivity contribution in [1.82, 2.24) is 9.97 Å². The summed E-state index contributed by atoms with van der Waals surface area (Å²) in [5.74, 6) is -0.775. The van der Waals surface area contributed by atoms with Gasteiger partial charge < -0.3 is 4.74 Å². The van der Waals surface area contributed by atoms with Gasteiger partial charge in [-0.05, 0) is 36.6 Å². The highest BCUT2D eigenvalue weighted by atomic mass is 32.1. The Labute approximate surface area is 124 Å². The minimum Gasteiger partial charge on any atom is -0.452 e. The van der Waals surface area contributed by atoms with E-state index in [9.17, 15) is 9.18 Å². The van der Waals surface area contributed by atoms with Gasteiger partial charge in [0.05, 0.1) is 11.9 Å². The number of halogens is 1. The molecule has 4 nitrogen and oxygen atoms in total. The van der Waals surface area contributed by atoms with Gasteiger partial charge in [0.15, 0.2) is 0 Å². The third-order valence-corrected chi connectivity index (χ3v) is 4.06. The van der Waals surface area contributed by atoms with Crippen LogP contribution in [0, 0.1) is 5.82 Å². The van der Waals surface area contributed by atoms with E-state index in [0.29, 0.717) is 16.0 Å². The number of carbonyl (C=O) groups excluding carboxylic acids is 1. The second kappa shape index (κ2) is 5.57. The summed E-state index contributed by atoms with van der Waals surface area (Å²) in [7, 11) is 0. The zero-order valence-electron chi connectivity index (χ0n) is 11.1. The van der Waals surface area contributed by atoms with Crippen LogP contribution < -0.4 is 0 Å². The number of carbonyl (C=O) groups is 1. The predicted octanol–water partition coefficient (Wildman–Crippen LogP) is 3.75. The minimum atomic E-state index is -0.492. The highest BCUT2D eigenvalue weighted by Gasteiger charge is 2.17. The molecule has 6 heteroatoms. The van der Waals surface area contributed by atoms with E-state index < -0.39 is 12.1 Å². The van der Waals surface area contributed by atoms with Gasteiger partial charge >= 0.3 is 5.97 Å². The third kappa shape index (κ3) is 2.90. The average Bonchev–Trinajstić information content (AvgIpc) is 2.91. The summed E-state index contributed by atoms with van der Waals surface area (Å²) >= 11 is 1.27. The molecule has 0 bridgehead atoms. The SMILES string of the molecule is C[C@H](OC(=O)c1cc2cc(F)ccc2s1)c1cnccn1. The van der Waals surface area contributed by atoms with E-state index in [2.05, 4.69) is 9.97 Å². The summed E-state index contributed by atoms with van der Waals surface area (Å²) in [5, 5.41) is 0.694. The minimum absolute atomic E-state index is 0.326. The van der Waals surface area contributed by atoms with E-state index in [1.807, 2.05) is 0 Å². The van der Waals surface area contributed by atoms with Crippen molar-refractivity contribution in [1.29, 1.82) is 0 Å². The first-order valence-corrected chi connectivity index (χ1v) is 7.11. The summed E-state index contributed by atoms with van der Waals surface area (Å²) in [6, 6.07) is 6.05. The van der Waals surface area contributed by atoms with Gasteiger partial charge in [0.25, 0.3) is 0 Å². The van der Waals surface area contributed by atoms with Gasteiger partial charge in [-0.25, -0.2) is 9.18 Å². The largest absolute Gasteiger partial charge is 0.452 e. The van der Waals surface area contributed by atoms with Crippen molar-refractivity contribution in [2.75, 3.05) is 0 Å². The standard InChI is InChI=1S/C15H11FN2O2S/c1-9(12-8-17-4-5-18-12)20-15(19)14-7-10-6-11(16)2-3-13(10)21-14/h2-9H,1H3/t9-/m0/s1. The first-order valence-electron chi connectivity index (χ1n) is 6.29. The molecule has 3 rings (SSSR count). The zero-order valence-corrected chi connectivity index (χ0v) is 11.9. The predicted molar refractivity (Wildman–Crippen MR) is 77.6 cm³/mol. The Bertz CT molecular complexity index is 789. The van der Waals surface area contributed by atoms with Gasteiger partial charge in [-0.2, -0.15) is 0 Å². The highest BCUT2D eigenvalue weighted by Crippen LogP contribution is 2.28. The summed E-state index contributed by atoms with van der Waals surface area (Å²) in [6.45, 7) is 1.73. The molecule has 0 unspecified atom stereocenters. The number of esters is 1. The lowest BCUT2D eigenvalue weighted by Crippen LogP contribution is -2.09. The van der Waals surface area contributed by atoms with E-state index in [-0.39, 0.29) is 5.82 Å². The fourth-order valence-corrected chi connectivity index (χ4v) is 2.84. The van der Waals surface area contributed by atoms with Crippen LogP contribution in [0.2, 0.25) is 0 Å². The van der Waals surface area contributed by atoms with E-state index in [0.717, 1.165) is 4.70 Å². The van der Waals surface area contributed by atoms with Crippen LogP contribution in [0.3, 0.4) is 0 Å². The van der Waals surface area contributed by atoms with Crippen LogP contribution in [-0.2, 0) is 4.74 Å². The first-order chi connectivity index (χ1) is 10.1. The lowest BCUT2D eigenvalue weighted by Gasteiger charge is -2.10. The summed E-state index contributed by atoms with van der Waals surface area (Å²) in [5.41, 5.74) is 0.581. The molecule has 106 valence electrons. The molecule has 21 heavy (non-hydrogen) atoms. The second-order valence-corrected chi connectivity index (χ2v) is 5.55. The van der Waals surface area contributed by atoms with Crippen LogP contribution >= 0.6 is 11.3 Å². The number of thiophene rings is 1. The number of aromatic nitrogens is 2. The molecule has 2 heterocycles. The number of fused-ring (bicyclic) bond motifs is 1. The van der Waals surface area contributed by atoms with Crippen molar-refractivity contribution in [2.45, 2.75) is 13.0 Å². The van der Waals surface area contributed by atoms with Gasteiger partial charge in [0.1, 0.15) is 16.8 Å². The van der Waals surface area contributed by atoms with Gasteiger partial charge in [0.2, 0.25) is 0 Å². The molecule has 0 radical (unpaired) electrons. The van der Waals surface area contributed by atoms with Crippen molar-refractivity contribution >= 4 is 27.4 Å². The lowest BCUT2D eigenvalue weighted by molar-refractivity contribution is 0.0334. The Morgan fingerprint density at radius 3 is 2.95 bits per heavy atom. The summed E-state index contributed by atoms with van der Waals surface area (Å²) in [6.07, 6.45) is 4.16. The normalized spacial score (nSPS) is 12.3. The van der Waals surface area contributed by atoms with Crippen LogP contribution in [0.15, 0.2) is 42.9 Å². The Kier molecular flexibility index (Phi) is 3.62. The summed E-state index contributed by atoms with van der Waals surface area (Å²) < 4.78 is 19.4. The van der Waals surface area contributed by atoms with Crippen molar-refractivity contribution in [3.8, 4) is 0 Å². The Morgan fingerprint density at radius 1 is 1.33 bits per heavy atom. The fraction of sp³-hybridized carbons (Fsp3) is 0.133. The average molecular weight is 302 g/mol. The first kappa shape index (κ1) is 13.6. The molecule has 0 fully saturated rings. The second-order valence-electron chi connectivity index (χ2n) is 4.47. The maximum Gasteiger partial charge on any atom is 0.349 e. The van der Waals surface area contributed by atoms with E-state index in [4.69, 9.17) is 4.74 Å². The van der Waals surface area contributed by atoms with Gasteiger partial charge in [-0.15, -0.1) is 11.3 Å². The Hall–Kier alpha value is -2.34. The molecule has 2 aromatic heterocycles. The van der Waals surface area contributed by atoms with Crippen molar-refractivity contribution < 1.29 is 13.9 Å². The van der Waals surface area contributed by atoms with Crippen molar-refractivity contribution in [3.63, 3.8) is 0 Å². The Morgan fingerprint density at radius 2 is 2.19 bits per heavy atom. The smallest absolute Gasteiger partial charge is 0.349 e. The summed E-state index contributed by atoms with van der Waals surface area (Å²) in [4.78, 5) is 20.6. The molecule has 0 N–H and O–H groups in total. The molecule has 0 aliphatic rings. The monoisotopic (exact) mass is 302 g/mol. The van der Waals surface area contributed by atoms with Crippen LogP contribution in [0.4, 0.5) is 4.39 Å². The molecular formula is C15H11FN2O2S. The maximum absolute atomic E-state index is 13.2. The van der Waals surface area contributed by atoms with E-state index >= 15 is 0 Å². The van der Waals surface area contributed by atoms with Crippen LogP contribution in [0.25, 0.3) is 10.1 Å². The molecule has 0 saturated carbocycles. The lowest BCUT2D eigenvalue weighted by atomic mass is 10.2. The van der Waals surface area contributed by atoms with Crippen molar-refractivity contribution in [2.24, 2.45) is 0 Å². The van der Waals surface area contributed by atoms with Crippen LogP contribution in [0.1, 0.15) is 28.4 Å². The molecule has 1 aromatic carbocycles. The van der Waals surface area contributed by atoms with E-state index in [1.54, 1.807) is 37.6 Å². The van der Waals surface area contributed by atoms with Gasteiger partial charge in [-0.1, -0.05) is 0 Å². The number of hydrogen-bond acceptors (Lipinski definition) is 5. The number of nitrogens with zero attached hydrogens (tertiary/aromatic N) is 2. The van der Waals surface area contributed by atoms with Crippen molar-refractivity contribution in [3.05, 3.63) is 59.2 Å². The molecule has 0 aliphatic carbocycles. The quantitative estimate of drug-likeness (QED) is 0.691. The van der Waals surface area contributed by atoms with Crippen LogP contribution in [0.5, 0.6) is 0 Å². The topological polar surface area (TPSA) is 52.1 Å². The number of hydrogen-bond donors (Lipinski definition) is 0. The maximum atomic E-state index is 13.2. The van der Waals surface area contributed by atoms with Gasteiger partial charge in [0, 0.05) is 17.1 Å². The molecule has 0 spiro atoms. The molecular weight excluding hydrogens is 291 g/mol. The molecule has 3 aromatic rings. The third-order valence-electron chi connectivity index (χ3n) is 2.96. The number of rotatable bonds is 3. The highest BCUT2D eigenvalue weighted by molar-refractivity contribution is 7.20. The van der Waals surface area contributed by atoms with Crippen LogP contribution in [-0.4, -0.2) is 15.9 Å². The number of benzene rings is 1. The number of ether oxygens (including phenoxy) is 1. The molecule has 1 atom stereocenters. The fourth-order valence-electron chi connectivity index (χ4n) is 1.91. The molecule has 0 aliphatic heterocycles.